The van der Waals surface area contributed by atoms with Crippen LogP contribution < -0.4 is 10.6 Å². The average Bonchev–Trinajstić information content (AvgIpc) is 2.90. The Hall–Kier alpha value is -1.78. The first-order valence-corrected chi connectivity index (χ1v) is 7.28. The Labute approximate surface area is 156 Å². The van der Waals surface area contributed by atoms with Gasteiger partial charge in [-0.05, 0) is 19.9 Å². The van der Waals surface area contributed by atoms with Gasteiger partial charge in [0, 0.05) is 25.1 Å². The minimum Gasteiger partial charge on any atom is -0.357 e. The fourth-order valence-corrected chi connectivity index (χ4v) is 2.01. The molecular weight excluding hydrogens is 431 g/mol. The van der Waals surface area contributed by atoms with Gasteiger partial charge >= 0.3 is 0 Å². The van der Waals surface area contributed by atoms with Crippen LogP contribution in [0.15, 0.2) is 27.7 Å². The first-order chi connectivity index (χ1) is 11.0. The maximum absolute atomic E-state index is 13.8. The van der Waals surface area contributed by atoms with Crippen LogP contribution in [-0.4, -0.2) is 22.6 Å². The molecule has 2 N–H and O–H groups in total. The molecule has 0 spiro atoms. The molecule has 1 aromatic carbocycles. The van der Waals surface area contributed by atoms with Crippen molar-refractivity contribution in [3.05, 3.63) is 47.1 Å². The molecule has 0 fully saturated rings. The summed E-state index contributed by atoms with van der Waals surface area (Å²) in [5.74, 6) is 0.197. The molecule has 2 rings (SSSR count). The van der Waals surface area contributed by atoms with E-state index in [0.717, 1.165) is 6.07 Å². The molecular formula is C15H20F2IN5O. The zero-order valence-electron chi connectivity index (χ0n) is 13.6. The van der Waals surface area contributed by atoms with Gasteiger partial charge in [0.25, 0.3) is 0 Å². The smallest absolute Gasteiger partial charge is 0.223 e. The number of aryl methyl sites for hydroxylation is 1. The molecule has 6 nitrogen and oxygen atoms in total. The summed E-state index contributed by atoms with van der Waals surface area (Å²) in [5.41, 5.74) is 0.354. The number of halogens is 3. The van der Waals surface area contributed by atoms with E-state index in [4.69, 9.17) is 4.52 Å². The number of aromatic nitrogens is 2. The van der Waals surface area contributed by atoms with E-state index < -0.39 is 11.6 Å². The first kappa shape index (κ1) is 20.3. The third-order valence-corrected chi connectivity index (χ3v) is 3.07. The molecule has 0 aliphatic carbocycles. The summed E-state index contributed by atoms with van der Waals surface area (Å²) in [6.45, 7) is 6.24. The SMILES string of the molecule is CCNC(=NCc1noc(C)n1)NC(C)c1ccc(F)cc1F.I. The van der Waals surface area contributed by atoms with Gasteiger partial charge in [-0.1, -0.05) is 11.2 Å². The minimum atomic E-state index is -0.605. The topological polar surface area (TPSA) is 75.3 Å². The standard InChI is InChI=1S/C15H19F2N5O.HI/c1-4-18-15(19-8-14-21-10(3)23-22-14)20-9(2)12-6-5-11(16)7-13(12)17;/h5-7,9H,4,8H2,1-3H3,(H2,18,19,20);1H. The average molecular weight is 451 g/mol. The van der Waals surface area contributed by atoms with Gasteiger partial charge in [-0.2, -0.15) is 4.98 Å². The summed E-state index contributed by atoms with van der Waals surface area (Å²) in [7, 11) is 0. The van der Waals surface area contributed by atoms with Crippen molar-refractivity contribution in [1.82, 2.24) is 20.8 Å². The van der Waals surface area contributed by atoms with Crippen molar-refractivity contribution in [2.45, 2.75) is 33.4 Å². The van der Waals surface area contributed by atoms with E-state index in [1.807, 2.05) is 6.92 Å². The highest BCUT2D eigenvalue weighted by molar-refractivity contribution is 14.0. The summed E-state index contributed by atoms with van der Waals surface area (Å²) >= 11 is 0. The maximum atomic E-state index is 13.8. The summed E-state index contributed by atoms with van der Waals surface area (Å²) < 4.78 is 31.7. The lowest BCUT2D eigenvalue weighted by atomic mass is 10.1. The molecule has 1 unspecified atom stereocenters. The van der Waals surface area contributed by atoms with E-state index in [1.165, 1.54) is 12.1 Å². The summed E-state index contributed by atoms with van der Waals surface area (Å²) in [5, 5.41) is 9.87. The Kier molecular flexibility index (Phi) is 8.02. The lowest BCUT2D eigenvalue weighted by Gasteiger charge is -2.18. The quantitative estimate of drug-likeness (QED) is 0.415. The zero-order chi connectivity index (χ0) is 16.8. The van der Waals surface area contributed by atoms with E-state index in [9.17, 15) is 8.78 Å². The van der Waals surface area contributed by atoms with Crippen molar-refractivity contribution < 1.29 is 13.3 Å². The number of aliphatic imine (C=N–C) groups is 1. The fourth-order valence-electron chi connectivity index (χ4n) is 2.01. The van der Waals surface area contributed by atoms with Crippen molar-refractivity contribution in [1.29, 1.82) is 0 Å². The molecule has 0 saturated heterocycles. The van der Waals surface area contributed by atoms with Crippen molar-refractivity contribution >= 4 is 29.9 Å². The Morgan fingerprint density at radius 2 is 2.12 bits per heavy atom. The molecule has 1 atom stereocenters. The highest BCUT2D eigenvalue weighted by Crippen LogP contribution is 2.17. The van der Waals surface area contributed by atoms with Crippen LogP contribution in [0.1, 0.15) is 37.2 Å². The molecule has 24 heavy (non-hydrogen) atoms. The van der Waals surface area contributed by atoms with E-state index in [2.05, 4.69) is 25.8 Å². The van der Waals surface area contributed by atoms with Crippen molar-refractivity contribution in [2.75, 3.05) is 6.54 Å². The van der Waals surface area contributed by atoms with Crippen LogP contribution in [0.4, 0.5) is 8.78 Å². The number of guanidine groups is 1. The molecule has 0 radical (unpaired) electrons. The van der Waals surface area contributed by atoms with Crippen LogP contribution in [0, 0.1) is 18.6 Å². The molecule has 0 saturated carbocycles. The fraction of sp³-hybridized carbons (Fsp3) is 0.400. The van der Waals surface area contributed by atoms with E-state index >= 15 is 0 Å². The molecule has 0 aliphatic heterocycles. The third kappa shape index (κ3) is 5.69. The van der Waals surface area contributed by atoms with Crippen LogP contribution in [0.3, 0.4) is 0 Å². The largest absolute Gasteiger partial charge is 0.357 e. The van der Waals surface area contributed by atoms with Gasteiger partial charge in [0.2, 0.25) is 5.89 Å². The summed E-state index contributed by atoms with van der Waals surface area (Å²) in [6, 6.07) is 3.11. The number of benzene rings is 1. The van der Waals surface area contributed by atoms with Crippen molar-refractivity contribution in [3.8, 4) is 0 Å². The predicted octanol–water partition coefficient (Wildman–Crippen LogP) is 3.09. The Bertz CT molecular complexity index is 692. The normalized spacial score (nSPS) is 12.5. The second-order valence-corrected chi connectivity index (χ2v) is 4.96. The van der Waals surface area contributed by atoms with E-state index in [1.54, 1.807) is 13.8 Å². The van der Waals surface area contributed by atoms with Crippen LogP contribution in [0.5, 0.6) is 0 Å². The van der Waals surface area contributed by atoms with Gasteiger partial charge < -0.3 is 15.2 Å². The van der Waals surface area contributed by atoms with Gasteiger partial charge in [0.1, 0.15) is 18.2 Å². The van der Waals surface area contributed by atoms with Crippen molar-refractivity contribution in [3.63, 3.8) is 0 Å². The van der Waals surface area contributed by atoms with E-state index in [0.29, 0.717) is 29.8 Å². The van der Waals surface area contributed by atoms with Gasteiger partial charge in [-0.15, -0.1) is 24.0 Å². The predicted molar refractivity (Wildman–Crippen MR) is 97.2 cm³/mol. The second-order valence-electron chi connectivity index (χ2n) is 4.96. The number of hydrogen-bond donors (Lipinski definition) is 2. The van der Waals surface area contributed by atoms with E-state index in [-0.39, 0.29) is 36.6 Å². The molecule has 132 valence electrons. The number of rotatable bonds is 5. The molecule has 0 aliphatic rings. The monoisotopic (exact) mass is 451 g/mol. The highest BCUT2D eigenvalue weighted by Gasteiger charge is 2.13. The van der Waals surface area contributed by atoms with Crippen LogP contribution in [0.25, 0.3) is 0 Å². The number of nitrogens with one attached hydrogen (secondary N) is 2. The molecule has 0 amide bonds. The Morgan fingerprint density at radius 1 is 1.38 bits per heavy atom. The summed E-state index contributed by atoms with van der Waals surface area (Å²) in [6.07, 6.45) is 0. The van der Waals surface area contributed by atoms with Crippen molar-refractivity contribution in [2.24, 2.45) is 4.99 Å². The lowest BCUT2D eigenvalue weighted by molar-refractivity contribution is 0.387. The van der Waals surface area contributed by atoms with Gasteiger partial charge in [-0.3, -0.25) is 0 Å². The molecule has 9 heteroatoms. The molecule has 0 bridgehead atoms. The Balaban J connectivity index is 0.00000288. The molecule has 1 heterocycles. The molecule has 1 aromatic heterocycles. The van der Waals surface area contributed by atoms with Gasteiger partial charge in [0.15, 0.2) is 11.8 Å². The van der Waals surface area contributed by atoms with Crippen LogP contribution >= 0.6 is 24.0 Å². The minimum absolute atomic E-state index is 0. The van der Waals surface area contributed by atoms with Gasteiger partial charge in [0.05, 0.1) is 6.04 Å². The van der Waals surface area contributed by atoms with Gasteiger partial charge in [-0.25, -0.2) is 13.8 Å². The first-order valence-electron chi connectivity index (χ1n) is 7.28. The second kappa shape index (κ2) is 9.50. The number of hydrogen-bond acceptors (Lipinski definition) is 4. The van der Waals surface area contributed by atoms with Crippen LogP contribution in [0.2, 0.25) is 0 Å². The zero-order valence-corrected chi connectivity index (χ0v) is 16.0. The maximum Gasteiger partial charge on any atom is 0.223 e. The molecule has 2 aromatic rings. The van der Waals surface area contributed by atoms with Crippen LogP contribution in [-0.2, 0) is 6.54 Å². The summed E-state index contributed by atoms with van der Waals surface area (Å²) in [4.78, 5) is 8.38. The number of nitrogens with zero attached hydrogens (tertiary/aromatic N) is 3. The lowest BCUT2D eigenvalue weighted by Crippen LogP contribution is -2.39. The highest BCUT2D eigenvalue weighted by atomic mass is 127. The Morgan fingerprint density at radius 3 is 2.71 bits per heavy atom. The third-order valence-electron chi connectivity index (χ3n) is 3.07.